The van der Waals surface area contributed by atoms with Crippen LogP contribution in [0.5, 0.6) is 0 Å². The molecule has 1 aliphatic rings. The molecule has 0 bridgehead atoms. The molecule has 1 saturated heterocycles. The van der Waals surface area contributed by atoms with Gasteiger partial charge in [0.2, 0.25) is 0 Å². The van der Waals surface area contributed by atoms with Crippen LogP contribution in [0.25, 0.3) is 0 Å². The molecule has 0 radical (unpaired) electrons. The second-order valence-corrected chi connectivity index (χ2v) is 6.41. The van der Waals surface area contributed by atoms with Crippen molar-refractivity contribution in [2.45, 2.75) is 11.8 Å². The molecule has 6 nitrogen and oxygen atoms in total. The Bertz CT molecular complexity index is 559. The highest BCUT2D eigenvalue weighted by Crippen LogP contribution is 2.24. The van der Waals surface area contributed by atoms with E-state index in [9.17, 15) is 13.2 Å². The first-order valence-electron chi connectivity index (χ1n) is 5.31. The largest absolute Gasteiger partial charge is 0.455 e. The van der Waals surface area contributed by atoms with E-state index in [1.54, 1.807) is 4.90 Å². The van der Waals surface area contributed by atoms with Gasteiger partial charge in [0.1, 0.15) is 10.7 Å². The van der Waals surface area contributed by atoms with Gasteiger partial charge in [-0.15, -0.1) is 0 Å². The summed E-state index contributed by atoms with van der Waals surface area (Å²) in [5, 5.41) is 0. The number of nitrogens with zero attached hydrogens (tertiary/aromatic N) is 1. The summed E-state index contributed by atoms with van der Waals surface area (Å²) < 4.78 is 32.7. The van der Waals surface area contributed by atoms with E-state index in [2.05, 4.69) is 0 Å². The van der Waals surface area contributed by atoms with E-state index in [4.69, 9.17) is 19.8 Å². The smallest absolute Gasteiger partial charge is 0.289 e. The Morgan fingerprint density at radius 2 is 2.00 bits per heavy atom. The Labute approximate surface area is 109 Å². The van der Waals surface area contributed by atoms with E-state index >= 15 is 0 Å². The number of rotatable bonds is 2. The van der Waals surface area contributed by atoms with Crippen molar-refractivity contribution >= 4 is 25.6 Å². The Morgan fingerprint density at radius 1 is 1.39 bits per heavy atom. The van der Waals surface area contributed by atoms with Crippen molar-refractivity contribution in [2.24, 2.45) is 0 Å². The zero-order valence-electron chi connectivity index (χ0n) is 9.68. The first-order chi connectivity index (χ1) is 8.39. The van der Waals surface area contributed by atoms with Crippen LogP contribution in [-0.4, -0.2) is 45.5 Å². The summed E-state index contributed by atoms with van der Waals surface area (Å²) in [6.07, 6.45) is 0. The molecule has 8 heteroatoms. The summed E-state index contributed by atoms with van der Waals surface area (Å²) >= 11 is 0. The average Bonchev–Trinajstić information content (AvgIpc) is 2.71. The van der Waals surface area contributed by atoms with Gasteiger partial charge in [-0.25, -0.2) is 8.42 Å². The second kappa shape index (κ2) is 4.91. The van der Waals surface area contributed by atoms with E-state index in [1.165, 1.54) is 6.92 Å². The molecule has 100 valence electrons. The number of amides is 1. The van der Waals surface area contributed by atoms with Gasteiger partial charge >= 0.3 is 0 Å². The standard InChI is InChI=1S/C10H12ClNO5S/c1-7-9(18(11,14)15)6-8(17-7)10(13)12-2-4-16-5-3-12/h6H,2-5H2,1H3. The van der Waals surface area contributed by atoms with Crippen LogP contribution in [0.3, 0.4) is 0 Å². The molecular formula is C10H12ClNO5S. The summed E-state index contributed by atoms with van der Waals surface area (Å²) in [6, 6.07) is 1.16. The average molecular weight is 294 g/mol. The lowest BCUT2D eigenvalue weighted by molar-refractivity contribution is 0.0282. The van der Waals surface area contributed by atoms with Crippen LogP contribution in [0, 0.1) is 6.92 Å². The van der Waals surface area contributed by atoms with Crippen molar-refractivity contribution in [3.63, 3.8) is 0 Å². The molecular weight excluding hydrogens is 282 g/mol. The third-order valence-electron chi connectivity index (χ3n) is 2.64. The van der Waals surface area contributed by atoms with Crippen LogP contribution in [0.15, 0.2) is 15.4 Å². The molecule has 0 spiro atoms. The van der Waals surface area contributed by atoms with Gasteiger partial charge in [0.15, 0.2) is 5.76 Å². The molecule has 2 rings (SSSR count). The van der Waals surface area contributed by atoms with Crippen molar-refractivity contribution in [1.29, 1.82) is 0 Å². The van der Waals surface area contributed by atoms with Gasteiger partial charge in [-0.2, -0.15) is 0 Å². The highest BCUT2D eigenvalue weighted by molar-refractivity contribution is 8.13. The number of hydrogen-bond donors (Lipinski definition) is 0. The summed E-state index contributed by atoms with van der Waals surface area (Å²) in [5.74, 6) is -0.261. The summed E-state index contributed by atoms with van der Waals surface area (Å²) in [4.78, 5) is 13.4. The first-order valence-corrected chi connectivity index (χ1v) is 7.62. The fourth-order valence-corrected chi connectivity index (χ4v) is 2.83. The maximum absolute atomic E-state index is 12.0. The van der Waals surface area contributed by atoms with E-state index in [1.807, 2.05) is 0 Å². The Kier molecular flexibility index (Phi) is 3.65. The van der Waals surface area contributed by atoms with Crippen molar-refractivity contribution < 1.29 is 22.4 Å². The van der Waals surface area contributed by atoms with E-state index in [0.29, 0.717) is 26.3 Å². The second-order valence-electron chi connectivity index (χ2n) is 3.87. The van der Waals surface area contributed by atoms with Gasteiger partial charge in [0.05, 0.1) is 13.2 Å². The minimum Gasteiger partial charge on any atom is -0.455 e. The first kappa shape index (κ1) is 13.4. The fourth-order valence-electron chi connectivity index (χ4n) is 1.74. The zero-order chi connectivity index (χ0) is 13.3. The van der Waals surface area contributed by atoms with Crippen LogP contribution in [0.4, 0.5) is 0 Å². The number of ether oxygens (including phenoxy) is 1. The van der Waals surface area contributed by atoms with Crippen LogP contribution >= 0.6 is 10.7 Å². The summed E-state index contributed by atoms with van der Waals surface area (Å²) in [7, 11) is 1.34. The molecule has 0 saturated carbocycles. The van der Waals surface area contributed by atoms with Crippen molar-refractivity contribution in [2.75, 3.05) is 26.3 Å². The number of aryl methyl sites for hydroxylation is 1. The minimum atomic E-state index is -3.89. The summed E-state index contributed by atoms with van der Waals surface area (Å²) in [5.41, 5.74) is 0. The van der Waals surface area contributed by atoms with Crippen LogP contribution in [0.2, 0.25) is 0 Å². The van der Waals surface area contributed by atoms with Crippen LogP contribution in [0.1, 0.15) is 16.3 Å². The lowest BCUT2D eigenvalue weighted by Crippen LogP contribution is -2.40. The molecule has 0 atom stereocenters. The fraction of sp³-hybridized carbons (Fsp3) is 0.500. The number of morpholine rings is 1. The van der Waals surface area contributed by atoms with E-state index in [0.717, 1.165) is 6.07 Å². The van der Waals surface area contributed by atoms with Crippen molar-refractivity contribution in [3.05, 3.63) is 17.6 Å². The van der Waals surface area contributed by atoms with E-state index in [-0.39, 0.29) is 22.3 Å². The predicted molar refractivity (Wildman–Crippen MR) is 63.2 cm³/mol. The molecule has 0 unspecified atom stereocenters. The molecule has 1 aliphatic heterocycles. The summed E-state index contributed by atoms with van der Waals surface area (Å²) in [6.45, 7) is 3.30. The monoisotopic (exact) mass is 293 g/mol. The number of hydrogen-bond acceptors (Lipinski definition) is 5. The van der Waals surface area contributed by atoms with Gasteiger partial charge in [0, 0.05) is 29.8 Å². The molecule has 0 N–H and O–H groups in total. The lowest BCUT2D eigenvalue weighted by Gasteiger charge is -2.25. The normalized spacial score (nSPS) is 16.9. The topological polar surface area (TPSA) is 76.8 Å². The zero-order valence-corrected chi connectivity index (χ0v) is 11.3. The molecule has 1 amide bonds. The third-order valence-corrected chi connectivity index (χ3v) is 4.07. The maximum atomic E-state index is 12.0. The van der Waals surface area contributed by atoms with Gasteiger partial charge in [-0.1, -0.05) is 0 Å². The Morgan fingerprint density at radius 3 is 2.50 bits per heavy atom. The van der Waals surface area contributed by atoms with Crippen molar-refractivity contribution in [3.8, 4) is 0 Å². The molecule has 0 aromatic carbocycles. The molecule has 1 fully saturated rings. The predicted octanol–water partition coefficient (Wildman–Crippen LogP) is 0.988. The number of furan rings is 1. The third kappa shape index (κ3) is 2.68. The lowest BCUT2D eigenvalue weighted by atomic mass is 10.3. The highest BCUT2D eigenvalue weighted by Gasteiger charge is 2.26. The number of halogens is 1. The molecule has 0 aliphatic carbocycles. The number of carbonyl (C=O) groups excluding carboxylic acids is 1. The van der Waals surface area contributed by atoms with E-state index < -0.39 is 9.05 Å². The van der Waals surface area contributed by atoms with Gasteiger partial charge in [0.25, 0.3) is 15.0 Å². The van der Waals surface area contributed by atoms with Gasteiger partial charge < -0.3 is 14.1 Å². The maximum Gasteiger partial charge on any atom is 0.289 e. The Hall–Kier alpha value is -1.05. The van der Waals surface area contributed by atoms with Gasteiger partial charge in [-0.05, 0) is 6.92 Å². The minimum absolute atomic E-state index is 0.0198. The van der Waals surface area contributed by atoms with Crippen molar-refractivity contribution in [1.82, 2.24) is 4.90 Å². The number of carbonyl (C=O) groups is 1. The molecule has 18 heavy (non-hydrogen) atoms. The van der Waals surface area contributed by atoms with Crippen LogP contribution < -0.4 is 0 Å². The van der Waals surface area contributed by atoms with Crippen LogP contribution in [-0.2, 0) is 13.8 Å². The molecule has 1 aromatic heterocycles. The van der Waals surface area contributed by atoms with Gasteiger partial charge in [-0.3, -0.25) is 4.79 Å². The SMILES string of the molecule is Cc1oc(C(=O)N2CCOCC2)cc1S(=O)(=O)Cl. The highest BCUT2D eigenvalue weighted by atomic mass is 35.7. The molecule has 1 aromatic rings. The Balaban J connectivity index is 2.26. The quantitative estimate of drug-likeness (QED) is 0.760. The molecule has 2 heterocycles.